The van der Waals surface area contributed by atoms with Crippen LogP contribution in [-0.2, 0) is 32.7 Å². The predicted molar refractivity (Wildman–Crippen MR) is 92.1 cm³/mol. The number of rotatable bonds is 3. The molecule has 0 aliphatic carbocycles. The Morgan fingerprint density at radius 3 is 2.77 bits per heavy atom. The molecule has 0 fully saturated rings. The lowest BCUT2D eigenvalue weighted by Gasteiger charge is -2.27. The predicted octanol–water partition coefficient (Wildman–Crippen LogP) is 3.09. The van der Waals surface area contributed by atoms with Crippen molar-refractivity contribution in [3.63, 3.8) is 0 Å². The Kier molecular flexibility index (Phi) is 5.16. The van der Waals surface area contributed by atoms with E-state index in [1.807, 2.05) is 11.9 Å². The van der Waals surface area contributed by atoms with E-state index in [9.17, 15) is 18.0 Å². The van der Waals surface area contributed by atoms with Gasteiger partial charge in [0.2, 0.25) is 0 Å². The third-order valence-electron chi connectivity index (χ3n) is 4.89. The Hall–Kier alpha value is -1.80. The first kappa shape index (κ1) is 19.0. The van der Waals surface area contributed by atoms with Gasteiger partial charge in [0.1, 0.15) is 5.82 Å². The standard InChI is InChI=1S/C17H20ClF3N4O/c1-23(10-11-9-12(17(19,20)21)3-5-14(11)18)13-4-6-15-22-24(2)16(26)25(15)8-7-13/h3,5,9,13H,4,6-8,10H2,1-2H3. The van der Waals surface area contributed by atoms with Crippen LogP contribution in [0.1, 0.15) is 29.8 Å². The van der Waals surface area contributed by atoms with E-state index >= 15 is 0 Å². The first-order valence-corrected chi connectivity index (χ1v) is 8.73. The topological polar surface area (TPSA) is 43.1 Å². The van der Waals surface area contributed by atoms with Crippen LogP contribution in [0, 0.1) is 0 Å². The van der Waals surface area contributed by atoms with Crippen LogP contribution in [0.2, 0.25) is 5.02 Å². The highest BCUT2D eigenvalue weighted by atomic mass is 35.5. The van der Waals surface area contributed by atoms with Gasteiger partial charge in [0.25, 0.3) is 0 Å². The van der Waals surface area contributed by atoms with Crippen molar-refractivity contribution in [1.82, 2.24) is 19.2 Å². The summed E-state index contributed by atoms with van der Waals surface area (Å²) in [4.78, 5) is 14.0. The van der Waals surface area contributed by atoms with Crippen LogP contribution in [0.5, 0.6) is 0 Å². The molecule has 0 radical (unpaired) electrons. The fourth-order valence-corrected chi connectivity index (χ4v) is 3.57. The number of fused-ring (bicyclic) bond motifs is 1. The summed E-state index contributed by atoms with van der Waals surface area (Å²) in [6.45, 7) is 0.862. The van der Waals surface area contributed by atoms with E-state index in [1.165, 1.54) is 10.7 Å². The maximum Gasteiger partial charge on any atom is 0.416 e. The molecule has 26 heavy (non-hydrogen) atoms. The number of alkyl halides is 3. The van der Waals surface area contributed by atoms with Crippen LogP contribution in [0.15, 0.2) is 23.0 Å². The molecule has 1 unspecified atom stereocenters. The molecule has 0 spiro atoms. The van der Waals surface area contributed by atoms with E-state index in [1.54, 1.807) is 11.6 Å². The zero-order valence-corrected chi connectivity index (χ0v) is 15.3. The number of hydrogen-bond acceptors (Lipinski definition) is 3. The van der Waals surface area contributed by atoms with Crippen molar-refractivity contribution in [2.45, 2.75) is 44.6 Å². The first-order chi connectivity index (χ1) is 12.2. The lowest BCUT2D eigenvalue weighted by molar-refractivity contribution is -0.137. The van der Waals surface area contributed by atoms with E-state index in [4.69, 9.17) is 11.6 Å². The Bertz CT molecular complexity index is 859. The summed E-state index contributed by atoms with van der Waals surface area (Å²) in [5, 5.41) is 4.56. The molecule has 0 N–H and O–H groups in total. The number of benzene rings is 1. The average molecular weight is 389 g/mol. The van der Waals surface area contributed by atoms with Gasteiger partial charge in [-0.2, -0.15) is 18.3 Å². The molecular weight excluding hydrogens is 369 g/mol. The van der Waals surface area contributed by atoms with E-state index in [0.717, 1.165) is 30.8 Å². The molecule has 0 saturated heterocycles. The zero-order chi connectivity index (χ0) is 19.1. The van der Waals surface area contributed by atoms with Crippen LogP contribution in [0.25, 0.3) is 0 Å². The van der Waals surface area contributed by atoms with Gasteiger partial charge < -0.3 is 0 Å². The van der Waals surface area contributed by atoms with Crippen molar-refractivity contribution in [1.29, 1.82) is 0 Å². The monoisotopic (exact) mass is 388 g/mol. The molecule has 3 rings (SSSR count). The van der Waals surface area contributed by atoms with Gasteiger partial charge >= 0.3 is 11.9 Å². The minimum atomic E-state index is -4.39. The summed E-state index contributed by atoms with van der Waals surface area (Å²) in [7, 11) is 3.50. The minimum Gasteiger partial charge on any atom is -0.299 e. The first-order valence-electron chi connectivity index (χ1n) is 8.35. The molecule has 0 saturated carbocycles. The second-order valence-electron chi connectivity index (χ2n) is 6.67. The van der Waals surface area contributed by atoms with Gasteiger partial charge in [-0.3, -0.25) is 9.47 Å². The molecule has 1 aromatic carbocycles. The number of nitrogens with zero attached hydrogens (tertiary/aromatic N) is 4. The summed E-state index contributed by atoms with van der Waals surface area (Å²) in [6, 6.07) is 3.52. The van der Waals surface area contributed by atoms with Crippen LogP contribution in [-0.4, -0.2) is 32.3 Å². The average Bonchev–Trinajstić information content (AvgIpc) is 2.73. The van der Waals surface area contributed by atoms with Crippen molar-refractivity contribution in [2.24, 2.45) is 7.05 Å². The molecule has 1 aliphatic rings. The minimum absolute atomic E-state index is 0.131. The molecule has 2 heterocycles. The van der Waals surface area contributed by atoms with Gasteiger partial charge in [-0.25, -0.2) is 9.48 Å². The molecule has 1 aliphatic heterocycles. The molecule has 9 heteroatoms. The Labute approximate surface area is 154 Å². The Balaban J connectivity index is 1.73. The summed E-state index contributed by atoms with van der Waals surface area (Å²) < 4.78 is 41.8. The quantitative estimate of drug-likeness (QED) is 0.811. The third kappa shape index (κ3) is 3.81. The van der Waals surface area contributed by atoms with Gasteiger partial charge in [-0.1, -0.05) is 11.6 Å². The second-order valence-corrected chi connectivity index (χ2v) is 7.08. The third-order valence-corrected chi connectivity index (χ3v) is 5.26. The lowest BCUT2D eigenvalue weighted by atomic mass is 10.1. The fraction of sp³-hybridized carbons (Fsp3) is 0.529. The van der Waals surface area contributed by atoms with Gasteiger partial charge in [-0.05, 0) is 43.7 Å². The summed E-state index contributed by atoms with van der Waals surface area (Å²) in [6.07, 6.45) is -2.23. The normalized spacial score (nSPS) is 18.0. The van der Waals surface area contributed by atoms with Crippen molar-refractivity contribution < 1.29 is 13.2 Å². The van der Waals surface area contributed by atoms with Crippen LogP contribution < -0.4 is 5.69 Å². The lowest BCUT2D eigenvalue weighted by Crippen LogP contribution is -2.32. The van der Waals surface area contributed by atoms with Crippen LogP contribution >= 0.6 is 11.6 Å². The molecule has 1 atom stereocenters. The van der Waals surface area contributed by atoms with E-state index in [0.29, 0.717) is 30.1 Å². The fourth-order valence-electron chi connectivity index (χ4n) is 3.39. The van der Waals surface area contributed by atoms with Gasteiger partial charge in [-0.15, -0.1) is 0 Å². The van der Waals surface area contributed by atoms with Crippen LogP contribution in [0.4, 0.5) is 13.2 Å². The van der Waals surface area contributed by atoms with E-state index < -0.39 is 11.7 Å². The van der Waals surface area contributed by atoms with Crippen molar-refractivity contribution >= 4 is 11.6 Å². The Morgan fingerprint density at radius 2 is 2.08 bits per heavy atom. The molecule has 0 bridgehead atoms. The van der Waals surface area contributed by atoms with Crippen molar-refractivity contribution in [3.05, 3.63) is 50.7 Å². The van der Waals surface area contributed by atoms with Gasteiger partial charge in [0, 0.05) is 37.6 Å². The molecule has 1 aromatic heterocycles. The molecule has 5 nitrogen and oxygen atoms in total. The van der Waals surface area contributed by atoms with E-state index in [-0.39, 0.29) is 11.7 Å². The number of hydrogen-bond donors (Lipinski definition) is 0. The number of aryl methyl sites for hydroxylation is 2. The highest BCUT2D eigenvalue weighted by Crippen LogP contribution is 2.32. The molecule has 142 valence electrons. The van der Waals surface area contributed by atoms with Crippen molar-refractivity contribution in [2.75, 3.05) is 7.05 Å². The van der Waals surface area contributed by atoms with Gasteiger partial charge in [0.15, 0.2) is 0 Å². The maximum absolute atomic E-state index is 12.9. The highest BCUT2D eigenvalue weighted by molar-refractivity contribution is 6.31. The van der Waals surface area contributed by atoms with Crippen LogP contribution in [0.3, 0.4) is 0 Å². The molecule has 0 amide bonds. The summed E-state index contributed by atoms with van der Waals surface area (Å²) in [5.41, 5.74) is -0.388. The van der Waals surface area contributed by atoms with Gasteiger partial charge in [0.05, 0.1) is 5.56 Å². The maximum atomic E-state index is 12.9. The summed E-state index contributed by atoms with van der Waals surface area (Å²) >= 11 is 6.10. The van der Waals surface area contributed by atoms with E-state index in [2.05, 4.69) is 5.10 Å². The zero-order valence-electron chi connectivity index (χ0n) is 14.6. The largest absolute Gasteiger partial charge is 0.416 e. The molecule has 2 aromatic rings. The molecular formula is C17H20ClF3N4O. The van der Waals surface area contributed by atoms with Crippen molar-refractivity contribution in [3.8, 4) is 0 Å². The SMILES string of the molecule is CN(Cc1cc(C(F)(F)F)ccc1Cl)C1CCc2nn(C)c(=O)n2CC1. The summed E-state index contributed by atoms with van der Waals surface area (Å²) in [5.74, 6) is 0.755. The Morgan fingerprint density at radius 1 is 1.35 bits per heavy atom. The number of halogens is 4. The number of aromatic nitrogens is 3. The second kappa shape index (κ2) is 7.08. The highest BCUT2D eigenvalue weighted by Gasteiger charge is 2.31. The smallest absolute Gasteiger partial charge is 0.299 e.